The largest absolute Gasteiger partial charge is 0.508 e. The summed E-state index contributed by atoms with van der Waals surface area (Å²) in [5, 5.41) is 18.2. The molecule has 0 radical (unpaired) electrons. The van der Waals surface area contributed by atoms with Crippen LogP contribution < -0.4 is 0 Å². The minimum atomic E-state index is 0.322. The maximum atomic E-state index is 8.63. The normalized spacial score (nSPS) is 9.97. The van der Waals surface area contributed by atoms with Crippen molar-refractivity contribution in [3.63, 3.8) is 0 Å². The lowest BCUT2D eigenvalue weighted by molar-refractivity contribution is 0.475. The monoisotopic (exact) mass is 580 g/mol. The zero-order chi connectivity index (χ0) is 28.2. The molecule has 0 aliphatic carbocycles. The van der Waals surface area contributed by atoms with Crippen LogP contribution in [0.15, 0.2) is 158 Å². The van der Waals surface area contributed by atoms with Gasteiger partial charge in [-0.15, -0.1) is 0 Å². The fraction of sp³-hybridized carbons (Fsp3) is 0. The molecular weight excluding hydrogens is 555 g/mol. The Bertz CT molecular complexity index is 1710. The molecule has 1 nitrogen and oxygen atoms in total. The van der Waals surface area contributed by atoms with Gasteiger partial charge < -0.3 is 5.11 Å². The van der Waals surface area contributed by atoms with Crippen molar-refractivity contribution in [3.05, 3.63) is 173 Å². The van der Waals surface area contributed by atoms with Gasteiger partial charge in [-0.1, -0.05) is 150 Å². The minimum absolute atomic E-state index is 0.322. The van der Waals surface area contributed by atoms with E-state index >= 15 is 0 Å². The third kappa shape index (κ3) is 8.76. The quantitative estimate of drug-likeness (QED) is 0.189. The Morgan fingerprint density at radius 3 is 1.25 bits per heavy atom. The Kier molecular flexibility index (Phi) is 10.8. The van der Waals surface area contributed by atoms with Crippen LogP contribution in [-0.2, 0) is 0 Å². The highest BCUT2D eigenvalue weighted by atomic mass is 35.5. The van der Waals surface area contributed by atoms with Crippen LogP contribution in [0.5, 0.6) is 5.75 Å². The Balaban J connectivity index is 0.000000125. The molecule has 7 aromatic rings. The van der Waals surface area contributed by atoms with Crippen LogP contribution >= 0.6 is 34.8 Å². The molecule has 0 atom stereocenters. The standard InChI is InChI=1S/3C10H7Cl.C6H6O/c11-10-7-3-5-8-4-1-2-6-9(8)10;2*11-10-6-5-8-3-1-2-4-9(8)7-10;7-6-4-2-1-3-5-6/h3*1-7H;1-5,7H. The summed E-state index contributed by atoms with van der Waals surface area (Å²) in [5.74, 6) is 0.322. The number of benzene rings is 7. The molecule has 0 bridgehead atoms. The first-order valence-electron chi connectivity index (χ1n) is 12.7. The van der Waals surface area contributed by atoms with E-state index in [0.717, 1.165) is 20.5 Å². The van der Waals surface area contributed by atoms with Gasteiger partial charge in [-0.25, -0.2) is 0 Å². The van der Waals surface area contributed by atoms with Gasteiger partial charge in [0.2, 0.25) is 0 Å². The average Bonchev–Trinajstić information content (AvgIpc) is 2.99. The van der Waals surface area contributed by atoms with E-state index in [1.807, 2.05) is 97.1 Å². The fourth-order valence-corrected chi connectivity index (χ4v) is 4.54. The van der Waals surface area contributed by atoms with Gasteiger partial charge >= 0.3 is 0 Å². The van der Waals surface area contributed by atoms with Gasteiger partial charge in [-0.2, -0.15) is 0 Å². The van der Waals surface area contributed by atoms with E-state index in [4.69, 9.17) is 39.9 Å². The number of phenols is 1. The van der Waals surface area contributed by atoms with Crippen LogP contribution in [0.2, 0.25) is 15.1 Å². The molecule has 1 N–H and O–H groups in total. The van der Waals surface area contributed by atoms with Crippen molar-refractivity contribution in [2.75, 3.05) is 0 Å². The molecule has 0 unspecified atom stereocenters. The van der Waals surface area contributed by atoms with Crippen molar-refractivity contribution in [2.24, 2.45) is 0 Å². The highest BCUT2D eigenvalue weighted by Gasteiger charge is 1.94. The molecule has 40 heavy (non-hydrogen) atoms. The van der Waals surface area contributed by atoms with Gasteiger partial charge in [0.05, 0.1) is 0 Å². The van der Waals surface area contributed by atoms with Crippen molar-refractivity contribution < 1.29 is 5.11 Å². The average molecular weight is 582 g/mol. The summed E-state index contributed by atoms with van der Waals surface area (Å²) in [4.78, 5) is 0. The zero-order valence-corrected chi connectivity index (χ0v) is 23.9. The summed E-state index contributed by atoms with van der Waals surface area (Å²) in [7, 11) is 0. The van der Waals surface area contributed by atoms with Crippen LogP contribution in [0, 0.1) is 0 Å². The van der Waals surface area contributed by atoms with Crippen molar-refractivity contribution in [3.8, 4) is 5.75 Å². The summed E-state index contributed by atoms with van der Waals surface area (Å²) in [6, 6.07) is 50.9. The maximum Gasteiger partial charge on any atom is 0.115 e. The molecule has 0 saturated carbocycles. The molecule has 0 aromatic heterocycles. The second-order valence-corrected chi connectivity index (χ2v) is 10.1. The first kappa shape index (κ1) is 29.0. The van der Waals surface area contributed by atoms with E-state index in [-0.39, 0.29) is 0 Å². The number of hydrogen-bond donors (Lipinski definition) is 1. The molecule has 0 aliphatic heterocycles. The number of fused-ring (bicyclic) bond motifs is 3. The van der Waals surface area contributed by atoms with E-state index in [1.165, 1.54) is 26.9 Å². The predicted octanol–water partition coefficient (Wildman–Crippen LogP) is 11.9. The lowest BCUT2D eigenvalue weighted by atomic mass is 10.1. The molecule has 198 valence electrons. The lowest BCUT2D eigenvalue weighted by Crippen LogP contribution is -1.70. The second-order valence-electron chi connectivity index (χ2n) is 8.78. The summed E-state index contributed by atoms with van der Waals surface area (Å²) in [6.45, 7) is 0. The van der Waals surface area contributed by atoms with Crippen LogP contribution in [0.4, 0.5) is 0 Å². The van der Waals surface area contributed by atoms with Crippen LogP contribution in [0.3, 0.4) is 0 Å². The molecule has 0 spiro atoms. The van der Waals surface area contributed by atoms with E-state index in [9.17, 15) is 0 Å². The number of phenolic OH excluding ortho intramolecular Hbond substituents is 1. The summed E-state index contributed by atoms with van der Waals surface area (Å²) < 4.78 is 0. The van der Waals surface area contributed by atoms with Gasteiger partial charge in [0.15, 0.2) is 0 Å². The SMILES string of the molecule is Clc1ccc2ccccc2c1.Clc1ccc2ccccc2c1.Clc1cccc2ccccc12.Oc1ccccc1. The van der Waals surface area contributed by atoms with E-state index in [0.29, 0.717) is 5.75 Å². The summed E-state index contributed by atoms with van der Waals surface area (Å²) in [6.07, 6.45) is 0. The van der Waals surface area contributed by atoms with Gasteiger partial charge in [-0.3, -0.25) is 0 Å². The molecule has 4 heteroatoms. The molecule has 7 rings (SSSR count). The number of para-hydroxylation sites is 1. The lowest BCUT2D eigenvalue weighted by Gasteiger charge is -1.97. The van der Waals surface area contributed by atoms with Crippen molar-refractivity contribution >= 4 is 67.1 Å². The second kappa shape index (κ2) is 15.0. The van der Waals surface area contributed by atoms with Gasteiger partial charge in [0, 0.05) is 20.5 Å². The van der Waals surface area contributed by atoms with E-state index < -0.39 is 0 Å². The first-order chi connectivity index (χ1) is 19.5. The molecule has 7 aromatic carbocycles. The Labute approximate surface area is 249 Å². The number of hydrogen-bond acceptors (Lipinski definition) is 1. The number of rotatable bonds is 0. The molecule has 0 heterocycles. The Hall–Kier alpha value is -4.01. The minimum Gasteiger partial charge on any atom is -0.508 e. The first-order valence-corrected chi connectivity index (χ1v) is 13.8. The highest BCUT2D eigenvalue weighted by molar-refractivity contribution is 6.35. The smallest absolute Gasteiger partial charge is 0.115 e. The van der Waals surface area contributed by atoms with Crippen LogP contribution in [0.1, 0.15) is 0 Å². The van der Waals surface area contributed by atoms with Gasteiger partial charge in [0.25, 0.3) is 0 Å². The molecular formula is C36H27Cl3O. The topological polar surface area (TPSA) is 20.2 Å². The fourth-order valence-electron chi connectivity index (χ4n) is 3.93. The number of halogens is 3. The maximum absolute atomic E-state index is 8.63. The Morgan fingerprint density at radius 1 is 0.350 bits per heavy atom. The molecule has 0 saturated heterocycles. The van der Waals surface area contributed by atoms with Gasteiger partial charge in [-0.05, 0) is 69.4 Å². The molecule has 0 amide bonds. The zero-order valence-electron chi connectivity index (χ0n) is 21.6. The van der Waals surface area contributed by atoms with Crippen molar-refractivity contribution in [1.82, 2.24) is 0 Å². The van der Waals surface area contributed by atoms with E-state index in [2.05, 4.69) is 36.4 Å². The van der Waals surface area contributed by atoms with Crippen LogP contribution in [-0.4, -0.2) is 5.11 Å². The van der Waals surface area contributed by atoms with Crippen molar-refractivity contribution in [2.45, 2.75) is 0 Å². The predicted molar refractivity (Wildman–Crippen MR) is 175 cm³/mol. The summed E-state index contributed by atoms with van der Waals surface area (Å²) in [5.41, 5.74) is 0. The summed E-state index contributed by atoms with van der Waals surface area (Å²) >= 11 is 17.6. The Morgan fingerprint density at radius 2 is 0.775 bits per heavy atom. The third-order valence-corrected chi connectivity index (χ3v) is 6.72. The van der Waals surface area contributed by atoms with Crippen LogP contribution in [0.25, 0.3) is 32.3 Å². The number of aromatic hydroxyl groups is 1. The molecule has 0 aliphatic rings. The van der Waals surface area contributed by atoms with Gasteiger partial charge in [0.1, 0.15) is 5.75 Å². The highest BCUT2D eigenvalue weighted by Crippen LogP contribution is 2.22. The molecule has 0 fully saturated rings. The third-order valence-electron chi connectivity index (χ3n) is 5.92. The van der Waals surface area contributed by atoms with E-state index in [1.54, 1.807) is 24.3 Å². The van der Waals surface area contributed by atoms with Crippen molar-refractivity contribution in [1.29, 1.82) is 0 Å².